The zero-order valence-electron chi connectivity index (χ0n) is 17.0. The highest BCUT2D eigenvalue weighted by Gasteiger charge is 2.33. The van der Waals surface area contributed by atoms with E-state index in [0.717, 1.165) is 22.3 Å². The summed E-state index contributed by atoms with van der Waals surface area (Å²) in [6, 6.07) is 5.74. The molecule has 0 fully saturated rings. The highest BCUT2D eigenvalue weighted by molar-refractivity contribution is 7.09. The van der Waals surface area contributed by atoms with Crippen molar-refractivity contribution in [3.05, 3.63) is 39.8 Å². The molecule has 0 saturated carbocycles. The molecule has 2 N–H and O–H groups in total. The van der Waals surface area contributed by atoms with Gasteiger partial charge in [-0.1, -0.05) is 19.9 Å². The number of benzene rings is 1. The highest BCUT2D eigenvalue weighted by Crippen LogP contribution is 2.33. The van der Waals surface area contributed by atoms with Crippen LogP contribution in [-0.2, 0) is 18.1 Å². The Hall–Kier alpha value is -2.49. The summed E-state index contributed by atoms with van der Waals surface area (Å²) in [5.41, 5.74) is -0.119. The third-order valence-corrected chi connectivity index (χ3v) is 5.18. The predicted octanol–water partition coefficient (Wildman–Crippen LogP) is 3.82. The number of nitrogens with zero attached hydrogens (tertiary/aromatic N) is 2. The number of guanidine groups is 1. The SMILES string of the molecule is CN=C(NCc1nc(C(F)(F)F)cs1)NCC(C)(C)c1ccc(OC)c(OC)c1. The molecule has 1 heterocycles. The van der Waals surface area contributed by atoms with Crippen LogP contribution in [0.5, 0.6) is 11.5 Å². The fourth-order valence-corrected chi connectivity index (χ4v) is 3.31. The van der Waals surface area contributed by atoms with E-state index in [1.54, 1.807) is 21.3 Å². The Morgan fingerprint density at radius 2 is 1.83 bits per heavy atom. The topological polar surface area (TPSA) is 67.8 Å². The fraction of sp³-hybridized carbons (Fsp3) is 0.474. The first kappa shape index (κ1) is 22.8. The maximum atomic E-state index is 12.7. The number of hydrogen-bond acceptors (Lipinski definition) is 5. The third-order valence-electron chi connectivity index (χ3n) is 4.34. The zero-order chi connectivity index (χ0) is 21.7. The standard InChI is InChI=1S/C19H25F3N4O2S/c1-18(2,12-6-7-13(27-4)14(8-12)28-5)11-25-17(23-3)24-9-16-26-15(10-29-16)19(20,21)22/h6-8,10H,9,11H2,1-5H3,(H2,23,24,25). The Morgan fingerprint density at radius 3 is 2.38 bits per heavy atom. The summed E-state index contributed by atoms with van der Waals surface area (Å²) in [5, 5.41) is 7.53. The van der Waals surface area contributed by atoms with Crippen LogP contribution >= 0.6 is 11.3 Å². The van der Waals surface area contributed by atoms with Crippen molar-refractivity contribution in [2.45, 2.75) is 32.0 Å². The average molecular weight is 430 g/mol. The number of aliphatic imine (C=N–C) groups is 1. The number of halogens is 3. The largest absolute Gasteiger partial charge is 0.493 e. The molecule has 160 valence electrons. The molecule has 1 aromatic carbocycles. The number of methoxy groups -OCH3 is 2. The second-order valence-electron chi connectivity index (χ2n) is 6.86. The number of ether oxygens (including phenoxy) is 2. The molecule has 10 heteroatoms. The second kappa shape index (κ2) is 9.34. The molecule has 2 aromatic rings. The molecule has 6 nitrogen and oxygen atoms in total. The van der Waals surface area contributed by atoms with Gasteiger partial charge in [0.15, 0.2) is 23.2 Å². The lowest BCUT2D eigenvalue weighted by Crippen LogP contribution is -2.43. The zero-order valence-corrected chi connectivity index (χ0v) is 17.8. The molecule has 0 aliphatic heterocycles. The van der Waals surface area contributed by atoms with Gasteiger partial charge in [0.05, 0.1) is 20.8 Å². The summed E-state index contributed by atoms with van der Waals surface area (Å²) in [5.74, 6) is 1.77. The molecule has 0 saturated heterocycles. The van der Waals surface area contributed by atoms with Crippen LogP contribution in [0.2, 0.25) is 0 Å². The minimum atomic E-state index is -4.43. The van der Waals surface area contributed by atoms with Crippen LogP contribution in [0.25, 0.3) is 0 Å². The molecular weight excluding hydrogens is 405 g/mol. The van der Waals surface area contributed by atoms with Crippen LogP contribution in [0, 0.1) is 0 Å². The molecular formula is C19H25F3N4O2S. The summed E-state index contributed by atoms with van der Waals surface area (Å²) < 4.78 is 48.6. The number of thiazole rings is 1. The van der Waals surface area contributed by atoms with Gasteiger partial charge in [0.2, 0.25) is 0 Å². The molecule has 0 bridgehead atoms. The van der Waals surface area contributed by atoms with E-state index in [2.05, 4.69) is 34.5 Å². The smallest absolute Gasteiger partial charge is 0.434 e. The van der Waals surface area contributed by atoms with Crippen molar-refractivity contribution in [2.75, 3.05) is 27.8 Å². The van der Waals surface area contributed by atoms with Crippen molar-refractivity contribution in [1.82, 2.24) is 15.6 Å². The van der Waals surface area contributed by atoms with Crippen LogP contribution in [0.15, 0.2) is 28.6 Å². The summed E-state index contributed by atoms with van der Waals surface area (Å²) in [6.07, 6.45) is -4.43. The minimum Gasteiger partial charge on any atom is -0.493 e. The first-order valence-corrected chi connectivity index (χ1v) is 9.67. The van der Waals surface area contributed by atoms with E-state index in [0.29, 0.717) is 29.0 Å². The monoisotopic (exact) mass is 430 g/mol. The lowest BCUT2D eigenvalue weighted by atomic mass is 9.84. The predicted molar refractivity (Wildman–Crippen MR) is 108 cm³/mol. The molecule has 0 aliphatic carbocycles. The van der Waals surface area contributed by atoms with Gasteiger partial charge in [0, 0.05) is 24.4 Å². The summed E-state index contributed by atoms with van der Waals surface area (Å²) in [7, 11) is 4.77. The van der Waals surface area contributed by atoms with E-state index in [9.17, 15) is 13.2 Å². The lowest BCUT2D eigenvalue weighted by molar-refractivity contribution is -0.140. The normalized spacial score (nSPS) is 12.6. The van der Waals surface area contributed by atoms with Crippen LogP contribution in [0.1, 0.15) is 30.1 Å². The fourth-order valence-electron chi connectivity index (χ4n) is 2.57. The number of nitrogens with one attached hydrogen (secondary N) is 2. The average Bonchev–Trinajstić information content (AvgIpc) is 3.17. The first-order chi connectivity index (χ1) is 13.6. The Balaban J connectivity index is 1.98. The highest BCUT2D eigenvalue weighted by atomic mass is 32.1. The van der Waals surface area contributed by atoms with Crippen molar-refractivity contribution in [1.29, 1.82) is 0 Å². The van der Waals surface area contributed by atoms with Gasteiger partial charge in [-0.05, 0) is 17.7 Å². The summed E-state index contributed by atoms with van der Waals surface area (Å²) in [4.78, 5) is 7.72. The number of aromatic nitrogens is 1. The van der Waals surface area contributed by atoms with Crippen molar-refractivity contribution < 1.29 is 22.6 Å². The van der Waals surface area contributed by atoms with Crippen molar-refractivity contribution >= 4 is 17.3 Å². The van der Waals surface area contributed by atoms with Crippen LogP contribution in [0.4, 0.5) is 13.2 Å². The van der Waals surface area contributed by atoms with Crippen molar-refractivity contribution in [2.24, 2.45) is 4.99 Å². The third kappa shape index (κ3) is 5.99. The molecule has 2 rings (SSSR count). The van der Waals surface area contributed by atoms with Gasteiger partial charge >= 0.3 is 6.18 Å². The Labute approximate surface area is 172 Å². The van der Waals surface area contributed by atoms with Gasteiger partial charge in [-0.3, -0.25) is 4.99 Å². The minimum absolute atomic E-state index is 0.150. The van der Waals surface area contributed by atoms with E-state index in [1.807, 2.05) is 18.2 Å². The van der Waals surface area contributed by atoms with E-state index >= 15 is 0 Å². The second-order valence-corrected chi connectivity index (χ2v) is 7.80. The number of hydrogen-bond donors (Lipinski definition) is 2. The van der Waals surface area contributed by atoms with Gasteiger partial charge in [-0.15, -0.1) is 11.3 Å². The summed E-state index contributed by atoms with van der Waals surface area (Å²) >= 11 is 0.955. The number of alkyl halides is 3. The molecule has 0 unspecified atom stereocenters. The molecule has 0 aliphatic rings. The number of rotatable bonds is 7. The molecule has 1 aromatic heterocycles. The first-order valence-electron chi connectivity index (χ1n) is 8.79. The lowest BCUT2D eigenvalue weighted by Gasteiger charge is -2.27. The van der Waals surface area contributed by atoms with E-state index in [1.165, 1.54) is 0 Å². The van der Waals surface area contributed by atoms with E-state index in [4.69, 9.17) is 9.47 Å². The summed E-state index contributed by atoms with van der Waals surface area (Å²) in [6.45, 7) is 4.81. The van der Waals surface area contributed by atoms with Gasteiger partial charge < -0.3 is 20.1 Å². The maximum absolute atomic E-state index is 12.7. The molecule has 0 amide bonds. The van der Waals surface area contributed by atoms with Gasteiger partial charge in [0.25, 0.3) is 0 Å². The van der Waals surface area contributed by atoms with E-state index in [-0.39, 0.29) is 12.0 Å². The van der Waals surface area contributed by atoms with Gasteiger partial charge in [0.1, 0.15) is 5.01 Å². The van der Waals surface area contributed by atoms with Crippen LogP contribution < -0.4 is 20.1 Å². The molecule has 0 spiro atoms. The molecule has 29 heavy (non-hydrogen) atoms. The van der Waals surface area contributed by atoms with Crippen molar-refractivity contribution in [3.63, 3.8) is 0 Å². The quantitative estimate of drug-likeness (QED) is 0.516. The maximum Gasteiger partial charge on any atom is 0.434 e. The Morgan fingerprint density at radius 1 is 1.14 bits per heavy atom. The van der Waals surface area contributed by atoms with Crippen LogP contribution in [0.3, 0.4) is 0 Å². The Bertz CT molecular complexity index is 850. The van der Waals surface area contributed by atoms with Gasteiger partial charge in [-0.25, -0.2) is 4.98 Å². The molecule has 0 atom stereocenters. The van der Waals surface area contributed by atoms with Gasteiger partial charge in [-0.2, -0.15) is 13.2 Å². The van der Waals surface area contributed by atoms with Crippen molar-refractivity contribution in [3.8, 4) is 11.5 Å². The molecule has 0 radical (unpaired) electrons. The van der Waals surface area contributed by atoms with E-state index < -0.39 is 11.9 Å². The Kier molecular flexibility index (Phi) is 7.34. The van der Waals surface area contributed by atoms with Crippen LogP contribution in [-0.4, -0.2) is 38.8 Å².